The summed E-state index contributed by atoms with van der Waals surface area (Å²) < 4.78 is 19.2. The number of H-pyrrole nitrogens is 1. The van der Waals surface area contributed by atoms with Gasteiger partial charge in [-0.1, -0.05) is 24.3 Å². The molecule has 4 atom stereocenters. The van der Waals surface area contributed by atoms with Crippen molar-refractivity contribution in [2.24, 2.45) is 5.92 Å². The lowest BCUT2D eigenvalue weighted by atomic mass is 9.79. The van der Waals surface area contributed by atoms with Crippen LogP contribution in [0.5, 0.6) is 0 Å². The van der Waals surface area contributed by atoms with Gasteiger partial charge in [0.1, 0.15) is 5.82 Å². The van der Waals surface area contributed by atoms with Gasteiger partial charge in [0.05, 0.1) is 30.7 Å². The van der Waals surface area contributed by atoms with Gasteiger partial charge in [-0.3, -0.25) is 4.79 Å². The molecule has 1 fully saturated rings. The van der Waals surface area contributed by atoms with Crippen LogP contribution in [0.3, 0.4) is 0 Å². The number of rotatable bonds is 4. The molecule has 0 spiro atoms. The predicted octanol–water partition coefficient (Wildman–Crippen LogP) is 4.26. The van der Waals surface area contributed by atoms with Crippen LogP contribution >= 0.6 is 0 Å². The Kier molecular flexibility index (Phi) is 6.01. The maximum absolute atomic E-state index is 14.0. The normalized spacial score (nSPS) is 22.5. The predicted molar refractivity (Wildman–Crippen MR) is 130 cm³/mol. The molecule has 0 radical (unpaired) electrons. The van der Waals surface area contributed by atoms with Gasteiger partial charge in [-0.2, -0.15) is 0 Å². The zero-order valence-electron chi connectivity index (χ0n) is 20.1. The third kappa shape index (κ3) is 3.86. The molecule has 35 heavy (non-hydrogen) atoms. The number of benzene rings is 2. The number of amides is 2. The highest BCUT2D eigenvalue weighted by Gasteiger charge is 2.49. The lowest BCUT2D eigenvalue weighted by Gasteiger charge is -2.48. The molecular weight excluding hydrogens is 449 g/mol. The van der Waals surface area contributed by atoms with E-state index in [0.29, 0.717) is 19.4 Å². The van der Waals surface area contributed by atoms with E-state index in [1.54, 1.807) is 27.0 Å². The van der Waals surface area contributed by atoms with Crippen molar-refractivity contribution >= 4 is 22.9 Å². The number of carbonyl (C=O) groups is 2. The minimum absolute atomic E-state index is 0.160. The molecule has 8 heteroatoms. The fraction of sp³-hybridized carbons (Fsp3) is 0.407. The smallest absolute Gasteiger partial charge is 0.409 e. The molecule has 3 heterocycles. The van der Waals surface area contributed by atoms with Gasteiger partial charge in [-0.05, 0) is 61.6 Å². The molecule has 5 rings (SSSR count). The molecule has 0 bridgehead atoms. The first-order valence-electron chi connectivity index (χ1n) is 12.1. The number of carbonyl (C=O) groups excluding carboxylic acids is 2. The summed E-state index contributed by atoms with van der Waals surface area (Å²) in [4.78, 5) is 32.9. The molecule has 2 amide bonds. The lowest BCUT2D eigenvalue weighted by molar-refractivity contribution is -0.151. The minimum atomic E-state index is -0.908. The fourth-order valence-electron chi connectivity index (χ4n) is 5.85. The molecule has 0 unspecified atom stereocenters. The Balaban J connectivity index is 1.60. The summed E-state index contributed by atoms with van der Waals surface area (Å²) in [5, 5.41) is 11.5. The van der Waals surface area contributed by atoms with Crippen molar-refractivity contribution < 1.29 is 23.8 Å². The number of aromatic amines is 1. The number of aliphatic hydroxyl groups is 1. The Labute approximate surface area is 203 Å². The number of halogens is 1. The monoisotopic (exact) mass is 479 g/mol. The van der Waals surface area contributed by atoms with Crippen molar-refractivity contribution in [2.75, 3.05) is 20.2 Å². The summed E-state index contributed by atoms with van der Waals surface area (Å²) in [6, 6.07) is 11.7. The Morgan fingerprint density at radius 2 is 2.09 bits per heavy atom. The van der Waals surface area contributed by atoms with Gasteiger partial charge < -0.3 is 24.6 Å². The first-order valence-corrected chi connectivity index (χ1v) is 12.1. The van der Waals surface area contributed by atoms with E-state index in [2.05, 4.69) is 4.98 Å². The molecule has 3 aromatic rings. The van der Waals surface area contributed by atoms with Gasteiger partial charge in [0.15, 0.2) is 0 Å². The summed E-state index contributed by atoms with van der Waals surface area (Å²) in [5.41, 5.74) is 4.72. The Hall–Kier alpha value is -3.39. The summed E-state index contributed by atoms with van der Waals surface area (Å²) in [6.45, 7) is 4.08. The number of aromatic nitrogens is 1. The molecule has 1 saturated heterocycles. The molecule has 1 aromatic heterocycles. The van der Waals surface area contributed by atoms with E-state index in [1.807, 2.05) is 29.2 Å². The number of aliphatic hydroxyl groups excluding tert-OH is 1. The van der Waals surface area contributed by atoms with Gasteiger partial charge in [0.25, 0.3) is 0 Å². The van der Waals surface area contributed by atoms with Crippen LogP contribution in [-0.2, 0) is 16.0 Å². The molecule has 0 aliphatic carbocycles. The topological polar surface area (TPSA) is 85.9 Å². The van der Waals surface area contributed by atoms with Crippen LogP contribution in [0.15, 0.2) is 42.5 Å². The maximum Gasteiger partial charge on any atom is 0.409 e. The highest BCUT2D eigenvalue weighted by molar-refractivity contribution is 5.99. The van der Waals surface area contributed by atoms with Gasteiger partial charge in [0.2, 0.25) is 5.91 Å². The SMILES string of the molecule is CCOC(=O)N(C)[C@H]1C[C@H]2c3[nH]c4cccc(-c5cccc(F)c5)c4c3CCN2C(=O)[C@H]1[C@H](C)O. The Bertz CT molecular complexity index is 1290. The van der Waals surface area contributed by atoms with Crippen LogP contribution in [0.25, 0.3) is 22.0 Å². The highest BCUT2D eigenvalue weighted by Crippen LogP contribution is 2.45. The van der Waals surface area contributed by atoms with E-state index in [1.165, 1.54) is 17.0 Å². The number of nitrogens with zero attached hydrogens (tertiary/aromatic N) is 2. The van der Waals surface area contributed by atoms with Crippen LogP contribution in [-0.4, -0.2) is 64.2 Å². The van der Waals surface area contributed by atoms with Crippen molar-refractivity contribution in [3.63, 3.8) is 0 Å². The summed E-state index contributed by atoms with van der Waals surface area (Å²) >= 11 is 0. The van der Waals surface area contributed by atoms with Gasteiger partial charge in [0, 0.05) is 30.2 Å². The second-order valence-corrected chi connectivity index (χ2v) is 9.43. The lowest BCUT2D eigenvalue weighted by Crippen LogP contribution is -2.59. The number of hydrogen-bond acceptors (Lipinski definition) is 4. The molecule has 184 valence electrons. The van der Waals surface area contributed by atoms with Crippen molar-refractivity contribution in [3.8, 4) is 11.1 Å². The molecule has 2 aliphatic heterocycles. The van der Waals surface area contributed by atoms with Gasteiger partial charge in [-0.15, -0.1) is 0 Å². The highest BCUT2D eigenvalue weighted by atomic mass is 19.1. The summed E-state index contributed by atoms with van der Waals surface area (Å²) in [6.07, 6.45) is -0.292. The van der Waals surface area contributed by atoms with Crippen LogP contribution in [0.4, 0.5) is 9.18 Å². The first-order chi connectivity index (χ1) is 16.8. The van der Waals surface area contributed by atoms with E-state index >= 15 is 0 Å². The third-order valence-corrected chi connectivity index (χ3v) is 7.43. The van der Waals surface area contributed by atoms with Crippen LogP contribution < -0.4 is 0 Å². The van der Waals surface area contributed by atoms with Gasteiger partial charge >= 0.3 is 6.09 Å². The van der Waals surface area contributed by atoms with Crippen molar-refractivity contribution in [1.82, 2.24) is 14.8 Å². The second kappa shape index (κ2) is 9.00. The van der Waals surface area contributed by atoms with Gasteiger partial charge in [-0.25, -0.2) is 9.18 Å². The number of nitrogens with one attached hydrogen (secondary N) is 1. The number of ether oxygens (including phenoxy) is 1. The number of fused-ring (bicyclic) bond motifs is 5. The average molecular weight is 480 g/mol. The molecule has 2 N–H and O–H groups in total. The second-order valence-electron chi connectivity index (χ2n) is 9.43. The Morgan fingerprint density at radius 1 is 1.31 bits per heavy atom. The van der Waals surface area contributed by atoms with Crippen molar-refractivity contribution in [3.05, 3.63) is 59.5 Å². The van der Waals surface area contributed by atoms with Crippen LogP contribution in [0.2, 0.25) is 0 Å². The molecule has 0 saturated carbocycles. The quantitative estimate of drug-likeness (QED) is 0.586. The summed E-state index contributed by atoms with van der Waals surface area (Å²) in [7, 11) is 1.62. The first kappa shape index (κ1) is 23.4. The number of hydrogen-bond donors (Lipinski definition) is 2. The zero-order valence-corrected chi connectivity index (χ0v) is 20.1. The average Bonchev–Trinajstić information content (AvgIpc) is 3.22. The summed E-state index contributed by atoms with van der Waals surface area (Å²) in [5.74, 6) is -1.18. The molecule has 7 nitrogen and oxygen atoms in total. The number of piperidine rings is 1. The fourth-order valence-corrected chi connectivity index (χ4v) is 5.85. The van der Waals surface area contributed by atoms with E-state index in [0.717, 1.165) is 33.3 Å². The minimum Gasteiger partial charge on any atom is -0.450 e. The maximum atomic E-state index is 14.0. The van der Waals surface area contributed by atoms with E-state index in [9.17, 15) is 19.1 Å². The largest absolute Gasteiger partial charge is 0.450 e. The van der Waals surface area contributed by atoms with Crippen LogP contribution in [0.1, 0.15) is 37.6 Å². The standard InChI is InChI=1S/C27H30FN3O4/c1-4-35-27(34)30(3)21-14-22-25-19(11-12-31(22)26(33)23(21)15(2)32)24-18(9-6-10-20(24)29-25)16-7-5-8-17(28)13-16/h5-10,13,15,21-23,29,32H,4,11-12,14H2,1-3H3/t15-,21-,22-,23-/m0/s1. The molecular formula is C27H30FN3O4. The molecule has 2 aromatic carbocycles. The van der Waals surface area contributed by atoms with E-state index in [-0.39, 0.29) is 24.4 Å². The van der Waals surface area contributed by atoms with Crippen LogP contribution in [0, 0.1) is 11.7 Å². The zero-order chi connectivity index (χ0) is 24.9. The molecule has 2 aliphatic rings. The van der Waals surface area contributed by atoms with E-state index in [4.69, 9.17) is 4.74 Å². The Morgan fingerprint density at radius 3 is 2.80 bits per heavy atom. The van der Waals surface area contributed by atoms with E-state index < -0.39 is 24.2 Å². The third-order valence-electron chi connectivity index (χ3n) is 7.43. The van der Waals surface area contributed by atoms with Crippen molar-refractivity contribution in [1.29, 1.82) is 0 Å². The van der Waals surface area contributed by atoms with Crippen molar-refractivity contribution in [2.45, 2.75) is 44.9 Å².